The summed E-state index contributed by atoms with van der Waals surface area (Å²) in [5.41, 5.74) is 0. The molecule has 0 radical (unpaired) electrons. The van der Waals surface area contributed by atoms with Gasteiger partial charge in [0, 0.05) is 13.1 Å². The van der Waals surface area contributed by atoms with E-state index in [2.05, 4.69) is 6.92 Å². The van der Waals surface area contributed by atoms with Gasteiger partial charge in [-0.15, -0.1) is 0 Å². The average molecular weight is 222 g/mol. The third-order valence-electron chi connectivity index (χ3n) is 2.34. The maximum atomic E-state index is 10.9. The molecule has 4 nitrogen and oxygen atoms in total. The SMILES string of the molecule is CC.CC1CCCN(S(N)(=O)=O)CC1. The van der Waals surface area contributed by atoms with Crippen molar-refractivity contribution in [2.45, 2.75) is 40.0 Å². The van der Waals surface area contributed by atoms with Gasteiger partial charge in [0.25, 0.3) is 10.2 Å². The van der Waals surface area contributed by atoms with E-state index in [1.165, 1.54) is 4.31 Å². The molecule has 86 valence electrons. The minimum Gasteiger partial charge on any atom is -0.216 e. The third-order valence-corrected chi connectivity index (χ3v) is 3.42. The van der Waals surface area contributed by atoms with Crippen molar-refractivity contribution in [1.82, 2.24) is 4.31 Å². The molecule has 1 heterocycles. The lowest BCUT2D eigenvalue weighted by molar-refractivity contribution is 0.417. The molecule has 1 rings (SSSR count). The van der Waals surface area contributed by atoms with E-state index in [0.717, 1.165) is 19.3 Å². The lowest BCUT2D eigenvalue weighted by Crippen LogP contribution is -2.37. The molecule has 0 aliphatic carbocycles. The second-order valence-electron chi connectivity index (χ2n) is 3.48. The molecule has 14 heavy (non-hydrogen) atoms. The number of nitrogens with two attached hydrogens (primary N) is 1. The summed E-state index contributed by atoms with van der Waals surface area (Å²) in [6.07, 6.45) is 2.96. The molecule has 0 bridgehead atoms. The van der Waals surface area contributed by atoms with Crippen LogP contribution in [0, 0.1) is 5.92 Å². The highest BCUT2D eigenvalue weighted by Gasteiger charge is 2.20. The Kier molecular flexibility index (Phi) is 6.31. The van der Waals surface area contributed by atoms with Gasteiger partial charge in [-0.2, -0.15) is 12.7 Å². The molecule has 1 atom stereocenters. The minimum absolute atomic E-state index is 0.583. The van der Waals surface area contributed by atoms with Crippen molar-refractivity contribution in [3.05, 3.63) is 0 Å². The highest BCUT2D eigenvalue weighted by molar-refractivity contribution is 7.86. The van der Waals surface area contributed by atoms with Crippen LogP contribution in [-0.4, -0.2) is 25.8 Å². The van der Waals surface area contributed by atoms with E-state index in [1.54, 1.807) is 0 Å². The van der Waals surface area contributed by atoms with Crippen molar-refractivity contribution in [2.75, 3.05) is 13.1 Å². The third kappa shape index (κ3) is 4.93. The molecule has 0 spiro atoms. The smallest absolute Gasteiger partial charge is 0.216 e. The normalized spacial score (nSPS) is 24.7. The average Bonchev–Trinajstić information content (AvgIpc) is 2.32. The Labute approximate surface area is 87.7 Å². The van der Waals surface area contributed by atoms with Gasteiger partial charge in [-0.05, 0) is 25.2 Å². The fourth-order valence-electron chi connectivity index (χ4n) is 1.49. The highest BCUT2D eigenvalue weighted by atomic mass is 32.2. The zero-order valence-corrected chi connectivity index (χ0v) is 10.2. The van der Waals surface area contributed by atoms with Crippen LogP contribution in [0.5, 0.6) is 0 Å². The van der Waals surface area contributed by atoms with E-state index in [9.17, 15) is 8.42 Å². The van der Waals surface area contributed by atoms with Crippen LogP contribution in [0.4, 0.5) is 0 Å². The van der Waals surface area contributed by atoms with Gasteiger partial charge in [-0.1, -0.05) is 20.8 Å². The van der Waals surface area contributed by atoms with Gasteiger partial charge >= 0.3 is 0 Å². The minimum atomic E-state index is -3.44. The van der Waals surface area contributed by atoms with Crippen molar-refractivity contribution in [2.24, 2.45) is 11.1 Å². The quantitative estimate of drug-likeness (QED) is 0.727. The van der Waals surface area contributed by atoms with Crippen molar-refractivity contribution >= 4 is 10.2 Å². The first-order valence-corrected chi connectivity index (χ1v) is 6.78. The second kappa shape index (κ2) is 6.37. The molecule has 1 saturated heterocycles. The fraction of sp³-hybridized carbons (Fsp3) is 1.00. The van der Waals surface area contributed by atoms with Crippen LogP contribution in [0.15, 0.2) is 0 Å². The molecule has 0 aromatic rings. The van der Waals surface area contributed by atoms with E-state index in [-0.39, 0.29) is 0 Å². The largest absolute Gasteiger partial charge is 0.276 e. The van der Waals surface area contributed by atoms with Crippen LogP contribution < -0.4 is 5.14 Å². The van der Waals surface area contributed by atoms with Crippen molar-refractivity contribution in [3.63, 3.8) is 0 Å². The van der Waals surface area contributed by atoms with Gasteiger partial charge < -0.3 is 0 Å². The van der Waals surface area contributed by atoms with Gasteiger partial charge in [0.05, 0.1) is 0 Å². The van der Waals surface area contributed by atoms with E-state index in [0.29, 0.717) is 19.0 Å². The van der Waals surface area contributed by atoms with Crippen LogP contribution in [-0.2, 0) is 10.2 Å². The number of nitrogens with zero attached hydrogens (tertiary/aromatic N) is 1. The molecule has 1 aliphatic heterocycles. The summed E-state index contributed by atoms with van der Waals surface area (Å²) in [5, 5.41) is 5.02. The predicted molar refractivity (Wildman–Crippen MR) is 59.0 cm³/mol. The molecule has 0 aromatic heterocycles. The number of rotatable bonds is 1. The van der Waals surface area contributed by atoms with Gasteiger partial charge in [0.1, 0.15) is 0 Å². The molecule has 1 fully saturated rings. The van der Waals surface area contributed by atoms with Crippen LogP contribution in [0.2, 0.25) is 0 Å². The van der Waals surface area contributed by atoms with Crippen molar-refractivity contribution in [1.29, 1.82) is 0 Å². The van der Waals surface area contributed by atoms with Gasteiger partial charge in [-0.25, -0.2) is 5.14 Å². The van der Waals surface area contributed by atoms with Gasteiger partial charge in [-0.3, -0.25) is 0 Å². The maximum Gasteiger partial charge on any atom is 0.276 e. The van der Waals surface area contributed by atoms with Crippen LogP contribution in [0.25, 0.3) is 0 Å². The second-order valence-corrected chi connectivity index (χ2v) is 5.03. The lowest BCUT2D eigenvalue weighted by atomic mass is 10.0. The van der Waals surface area contributed by atoms with Gasteiger partial charge in [0.15, 0.2) is 0 Å². The first-order chi connectivity index (χ1) is 6.50. The van der Waals surface area contributed by atoms with E-state index < -0.39 is 10.2 Å². The fourth-order valence-corrected chi connectivity index (χ4v) is 2.23. The highest BCUT2D eigenvalue weighted by Crippen LogP contribution is 2.17. The molecular weight excluding hydrogens is 200 g/mol. The van der Waals surface area contributed by atoms with Gasteiger partial charge in [0.2, 0.25) is 0 Å². The summed E-state index contributed by atoms with van der Waals surface area (Å²) in [6.45, 7) is 7.32. The summed E-state index contributed by atoms with van der Waals surface area (Å²) < 4.78 is 23.3. The van der Waals surface area contributed by atoms with Crippen LogP contribution in [0.3, 0.4) is 0 Å². The zero-order chi connectivity index (χ0) is 11.2. The molecule has 0 amide bonds. The number of hydrogen-bond acceptors (Lipinski definition) is 2. The van der Waals surface area contributed by atoms with E-state index in [4.69, 9.17) is 5.14 Å². The molecule has 2 N–H and O–H groups in total. The lowest BCUT2D eigenvalue weighted by Gasteiger charge is -2.15. The summed E-state index contributed by atoms with van der Waals surface area (Å²) in [4.78, 5) is 0. The molecular formula is C9H22N2O2S. The summed E-state index contributed by atoms with van der Waals surface area (Å²) in [7, 11) is -3.44. The van der Waals surface area contributed by atoms with E-state index in [1.807, 2.05) is 13.8 Å². The van der Waals surface area contributed by atoms with Crippen LogP contribution in [0.1, 0.15) is 40.0 Å². The topological polar surface area (TPSA) is 63.4 Å². The first kappa shape index (κ1) is 13.9. The molecule has 1 unspecified atom stereocenters. The molecule has 0 aromatic carbocycles. The van der Waals surface area contributed by atoms with Crippen molar-refractivity contribution in [3.8, 4) is 0 Å². The molecule has 0 saturated carbocycles. The Bertz CT molecular complexity index is 239. The summed E-state index contributed by atoms with van der Waals surface area (Å²) >= 11 is 0. The summed E-state index contributed by atoms with van der Waals surface area (Å²) in [6, 6.07) is 0. The Morgan fingerprint density at radius 1 is 1.21 bits per heavy atom. The van der Waals surface area contributed by atoms with Crippen LogP contribution >= 0.6 is 0 Å². The monoisotopic (exact) mass is 222 g/mol. The first-order valence-electron chi connectivity index (χ1n) is 5.28. The Morgan fingerprint density at radius 2 is 1.79 bits per heavy atom. The summed E-state index contributed by atoms with van der Waals surface area (Å²) in [5.74, 6) is 0.622. The van der Waals surface area contributed by atoms with E-state index >= 15 is 0 Å². The Balaban J connectivity index is 0.000000791. The predicted octanol–water partition coefficient (Wildman–Crippen LogP) is 1.34. The van der Waals surface area contributed by atoms with Crippen molar-refractivity contribution < 1.29 is 8.42 Å². The Morgan fingerprint density at radius 3 is 2.29 bits per heavy atom. The number of hydrogen-bond donors (Lipinski definition) is 1. The maximum absolute atomic E-state index is 10.9. The molecule has 5 heteroatoms. The zero-order valence-electron chi connectivity index (χ0n) is 9.36. The Hall–Kier alpha value is -0.130. The molecule has 1 aliphatic rings. The standard InChI is InChI=1S/C7H16N2O2S.C2H6/c1-7-3-2-5-9(6-4-7)12(8,10)11;1-2/h7H,2-6H2,1H3,(H2,8,10,11);1-2H3.